The summed E-state index contributed by atoms with van der Waals surface area (Å²) in [6.45, 7) is 6.36. The van der Waals surface area contributed by atoms with Gasteiger partial charge in [0.25, 0.3) is 0 Å². The first-order valence-electron chi connectivity index (χ1n) is 6.63. The maximum atomic E-state index is 9.44. The van der Waals surface area contributed by atoms with Gasteiger partial charge in [0.1, 0.15) is 0 Å². The van der Waals surface area contributed by atoms with Crippen LogP contribution in [0.15, 0.2) is 0 Å². The summed E-state index contributed by atoms with van der Waals surface area (Å²) in [5, 5.41) is 9.44. The largest absolute Gasteiger partial charge is 0.391 e. The molecule has 0 aliphatic carbocycles. The number of hydrogen-bond acceptors (Lipinski definition) is 3. The molecule has 0 aromatic carbocycles. The zero-order valence-electron chi connectivity index (χ0n) is 10.7. The second-order valence-corrected chi connectivity index (χ2v) is 4.80. The molecule has 1 rings (SSSR count). The quantitative estimate of drug-likeness (QED) is 0.729. The highest BCUT2D eigenvalue weighted by Crippen LogP contribution is 2.16. The molecule has 1 saturated heterocycles. The van der Waals surface area contributed by atoms with E-state index in [1.807, 2.05) is 0 Å². The van der Waals surface area contributed by atoms with E-state index in [1.165, 1.54) is 25.7 Å². The molecule has 3 atom stereocenters. The van der Waals surface area contributed by atoms with E-state index in [2.05, 4.69) is 13.8 Å². The van der Waals surface area contributed by atoms with Gasteiger partial charge < -0.3 is 14.6 Å². The van der Waals surface area contributed by atoms with Crippen molar-refractivity contribution >= 4 is 0 Å². The molecule has 3 heteroatoms. The number of rotatable bonds is 7. The van der Waals surface area contributed by atoms with Crippen LogP contribution in [0.25, 0.3) is 0 Å². The zero-order valence-corrected chi connectivity index (χ0v) is 10.7. The number of hydrogen-bond donors (Lipinski definition) is 1. The fourth-order valence-corrected chi connectivity index (χ4v) is 2.06. The predicted molar refractivity (Wildman–Crippen MR) is 64.5 cm³/mol. The molecule has 0 aromatic rings. The summed E-state index contributed by atoms with van der Waals surface area (Å²) in [7, 11) is 0. The summed E-state index contributed by atoms with van der Waals surface area (Å²) in [4.78, 5) is 0. The average Bonchev–Trinajstić information content (AvgIpc) is 2.29. The van der Waals surface area contributed by atoms with Gasteiger partial charge in [0.2, 0.25) is 0 Å². The Kier molecular flexibility index (Phi) is 7.01. The van der Waals surface area contributed by atoms with Crippen molar-refractivity contribution in [2.45, 2.75) is 58.2 Å². The van der Waals surface area contributed by atoms with E-state index in [1.54, 1.807) is 0 Å². The normalized spacial score (nSPS) is 27.9. The Balaban J connectivity index is 2.15. The van der Waals surface area contributed by atoms with E-state index in [0.717, 1.165) is 13.0 Å². The molecule has 0 saturated carbocycles. The van der Waals surface area contributed by atoms with Crippen LogP contribution in [0.1, 0.15) is 46.0 Å². The molecule has 16 heavy (non-hydrogen) atoms. The predicted octanol–water partition coefficient (Wildman–Crippen LogP) is 2.37. The van der Waals surface area contributed by atoms with Crippen molar-refractivity contribution in [3.05, 3.63) is 0 Å². The Labute approximate surface area is 99.1 Å². The number of unbranched alkanes of at least 4 members (excludes halogenated alkanes) is 1. The van der Waals surface area contributed by atoms with E-state index >= 15 is 0 Å². The molecule has 1 aliphatic rings. The van der Waals surface area contributed by atoms with Crippen molar-refractivity contribution in [2.24, 2.45) is 5.92 Å². The number of aliphatic hydroxyl groups is 1. The highest BCUT2D eigenvalue weighted by atomic mass is 16.5. The highest BCUT2D eigenvalue weighted by molar-refractivity contribution is 4.70. The molecule has 96 valence electrons. The minimum absolute atomic E-state index is 0.0967. The third kappa shape index (κ3) is 5.28. The maximum absolute atomic E-state index is 9.44. The van der Waals surface area contributed by atoms with Crippen molar-refractivity contribution < 1.29 is 14.6 Å². The second kappa shape index (κ2) is 8.04. The monoisotopic (exact) mass is 230 g/mol. The van der Waals surface area contributed by atoms with Gasteiger partial charge in [-0.3, -0.25) is 0 Å². The lowest BCUT2D eigenvalue weighted by molar-refractivity contribution is -0.105. The molecule has 1 aliphatic heterocycles. The average molecular weight is 230 g/mol. The van der Waals surface area contributed by atoms with Crippen LogP contribution in [0.2, 0.25) is 0 Å². The topological polar surface area (TPSA) is 38.7 Å². The van der Waals surface area contributed by atoms with E-state index in [9.17, 15) is 5.11 Å². The summed E-state index contributed by atoms with van der Waals surface area (Å²) in [6.07, 6.45) is 5.45. The van der Waals surface area contributed by atoms with Crippen molar-refractivity contribution in [2.75, 3.05) is 19.8 Å². The van der Waals surface area contributed by atoms with E-state index < -0.39 is 0 Å². The third-order valence-electron chi connectivity index (χ3n) is 3.26. The first kappa shape index (κ1) is 13.9. The smallest absolute Gasteiger partial charge is 0.0834 e. The fourth-order valence-electron chi connectivity index (χ4n) is 2.06. The molecule has 1 N–H and O–H groups in total. The highest BCUT2D eigenvalue weighted by Gasteiger charge is 2.22. The van der Waals surface area contributed by atoms with E-state index in [4.69, 9.17) is 9.47 Å². The van der Waals surface area contributed by atoms with E-state index in [-0.39, 0.29) is 12.2 Å². The minimum atomic E-state index is -0.338. The SMILES string of the molecule is CCCCC(CC)CO[C@H]1COC[C@@H](O)C1. The van der Waals surface area contributed by atoms with Gasteiger partial charge in [-0.05, 0) is 12.3 Å². The molecule has 1 fully saturated rings. The lowest BCUT2D eigenvalue weighted by atomic mass is 10.0. The lowest BCUT2D eigenvalue weighted by Gasteiger charge is -2.27. The van der Waals surface area contributed by atoms with Crippen molar-refractivity contribution in [3.8, 4) is 0 Å². The summed E-state index contributed by atoms with van der Waals surface area (Å²) in [5.41, 5.74) is 0. The summed E-state index contributed by atoms with van der Waals surface area (Å²) in [5.74, 6) is 0.666. The first-order valence-corrected chi connectivity index (χ1v) is 6.63. The number of ether oxygens (including phenoxy) is 2. The number of aliphatic hydroxyl groups excluding tert-OH is 1. The van der Waals surface area contributed by atoms with Crippen molar-refractivity contribution in [1.82, 2.24) is 0 Å². The molecule has 0 spiro atoms. The van der Waals surface area contributed by atoms with E-state index in [0.29, 0.717) is 19.1 Å². The van der Waals surface area contributed by atoms with Gasteiger partial charge in [-0.2, -0.15) is 0 Å². The molecule has 0 bridgehead atoms. The Morgan fingerprint density at radius 3 is 2.81 bits per heavy atom. The Morgan fingerprint density at radius 1 is 1.38 bits per heavy atom. The zero-order chi connectivity index (χ0) is 11.8. The third-order valence-corrected chi connectivity index (χ3v) is 3.26. The first-order chi connectivity index (χ1) is 7.76. The molecular weight excluding hydrogens is 204 g/mol. The fraction of sp³-hybridized carbons (Fsp3) is 1.00. The molecule has 1 heterocycles. The molecular formula is C13H26O3. The van der Waals surface area contributed by atoms with Gasteiger partial charge in [-0.15, -0.1) is 0 Å². The van der Waals surface area contributed by atoms with Gasteiger partial charge in [0.15, 0.2) is 0 Å². The van der Waals surface area contributed by atoms with Crippen LogP contribution in [0, 0.1) is 5.92 Å². The van der Waals surface area contributed by atoms with Gasteiger partial charge in [-0.25, -0.2) is 0 Å². The van der Waals surface area contributed by atoms with Crippen molar-refractivity contribution in [1.29, 1.82) is 0 Å². The van der Waals surface area contributed by atoms with Crippen molar-refractivity contribution in [3.63, 3.8) is 0 Å². The molecule has 0 radical (unpaired) electrons. The maximum Gasteiger partial charge on any atom is 0.0834 e. The van der Waals surface area contributed by atoms with Crippen LogP contribution in [0.5, 0.6) is 0 Å². The molecule has 0 amide bonds. The van der Waals surface area contributed by atoms with Crippen LogP contribution < -0.4 is 0 Å². The van der Waals surface area contributed by atoms with Gasteiger partial charge in [0.05, 0.1) is 25.4 Å². The molecule has 0 aromatic heterocycles. The van der Waals surface area contributed by atoms with Crippen LogP contribution in [0.3, 0.4) is 0 Å². The summed E-state index contributed by atoms with van der Waals surface area (Å²) >= 11 is 0. The summed E-state index contributed by atoms with van der Waals surface area (Å²) < 4.78 is 11.1. The Bertz CT molecular complexity index is 173. The molecule has 3 nitrogen and oxygen atoms in total. The van der Waals surface area contributed by atoms with Gasteiger partial charge in [-0.1, -0.05) is 33.1 Å². The minimum Gasteiger partial charge on any atom is -0.391 e. The van der Waals surface area contributed by atoms with Gasteiger partial charge in [0, 0.05) is 13.0 Å². The Hall–Kier alpha value is -0.120. The van der Waals surface area contributed by atoms with Crippen LogP contribution in [-0.2, 0) is 9.47 Å². The summed E-state index contributed by atoms with van der Waals surface area (Å²) in [6, 6.07) is 0. The Morgan fingerprint density at radius 2 is 2.19 bits per heavy atom. The second-order valence-electron chi connectivity index (χ2n) is 4.80. The molecule has 1 unspecified atom stereocenters. The van der Waals surface area contributed by atoms with Gasteiger partial charge >= 0.3 is 0 Å². The lowest BCUT2D eigenvalue weighted by Crippen LogP contribution is -2.35. The van der Waals surface area contributed by atoms with Crippen LogP contribution in [-0.4, -0.2) is 37.1 Å². The van der Waals surface area contributed by atoms with Crippen LogP contribution >= 0.6 is 0 Å². The standard InChI is InChI=1S/C13H26O3/c1-3-5-6-11(4-2)8-16-13-7-12(14)9-15-10-13/h11-14H,3-10H2,1-2H3/t11?,12-,13+/m0/s1. The van der Waals surface area contributed by atoms with Crippen LogP contribution in [0.4, 0.5) is 0 Å².